The Hall–Kier alpha value is -4.15. The average molecular weight is 404 g/mol. The first-order valence-electron chi connectivity index (χ1n) is 9.33. The van der Waals surface area contributed by atoms with E-state index in [1.807, 2.05) is 38.1 Å². The number of carbonyl (C=O) groups is 1. The Morgan fingerprint density at radius 2 is 1.97 bits per heavy atom. The van der Waals surface area contributed by atoms with E-state index in [1.54, 1.807) is 22.9 Å². The molecule has 3 aromatic heterocycles. The molecule has 0 saturated heterocycles. The molecule has 1 aromatic carbocycles. The summed E-state index contributed by atoms with van der Waals surface area (Å²) < 4.78 is 3.24. The number of carbonyl (C=O) groups excluding carboxylic acids is 1. The monoisotopic (exact) mass is 404 g/mol. The van der Waals surface area contributed by atoms with E-state index in [2.05, 4.69) is 41.5 Å². The molecule has 11 heteroatoms. The van der Waals surface area contributed by atoms with Gasteiger partial charge in [0.2, 0.25) is 0 Å². The van der Waals surface area contributed by atoms with E-state index < -0.39 is 0 Å². The molecule has 0 fully saturated rings. The predicted octanol–water partition coefficient (Wildman–Crippen LogP) is 1.10. The van der Waals surface area contributed by atoms with Crippen LogP contribution < -0.4 is 10.6 Å². The summed E-state index contributed by atoms with van der Waals surface area (Å²) in [6.07, 6.45) is 1.47. The van der Waals surface area contributed by atoms with Crippen LogP contribution in [0, 0.1) is 13.8 Å². The third kappa shape index (κ3) is 4.29. The molecule has 0 radical (unpaired) electrons. The minimum atomic E-state index is -0.183. The van der Waals surface area contributed by atoms with Crippen LogP contribution in [0.3, 0.4) is 0 Å². The van der Waals surface area contributed by atoms with Crippen molar-refractivity contribution in [2.45, 2.75) is 13.8 Å². The zero-order valence-electron chi connectivity index (χ0n) is 16.5. The summed E-state index contributed by atoms with van der Waals surface area (Å²) in [6.45, 7) is 4.83. The lowest BCUT2D eigenvalue weighted by Gasteiger charge is -2.09. The van der Waals surface area contributed by atoms with Crippen LogP contribution in [0.1, 0.15) is 21.7 Å². The first kappa shape index (κ1) is 19.2. The Morgan fingerprint density at radius 3 is 2.67 bits per heavy atom. The first-order chi connectivity index (χ1) is 14.6. The minimum Gasteiger partial charge on any atom is -0.367 e. The lowest BCUT2D eigenvalue weighted by Crippen LogP contribution is -2.29. The molecule has 0 saturated carbocycles. The van der Waals surface area contributed by atoms with Crippen molar-refractivity contribution < 1.29 is 4.79 Å². The van der Waals surface area contributed by atoms with E-state index in [4.69, 9.17) is 0 Å². The van der Waals surface area contributed by atoms with Gasteiger partial charge in [-0.25, -0.2) is 9.36 Å². The molecule has 152 valence electrons. The third-order valence-corrected chi connectivity index (χ3v) is 4.32. The van der Waals surface area contributed by atoms with Crippen molar-refractivity contribution >= 4 is 11.7 Å². The highest BCUT2D eigenvalue weighted by atomic mass is 16.1. The third-order valence-electron chi connectivity index (χ3n) is 4.32. The van der Waals surface area contributed by atoms with Gasteiger partial charge in [-0.3, -0.25) is 4.79 Å². The number of anilines is 1. The van der Waals surface area contributed by atoms with E-state index in [1.165, 1.54) is 11.0 Å². The maximum absolute atomic E-state index is 12.4. The molecule has 0 aliphatic carbocycles. The molecule has 0 atom stereocenters. The first-order valence-corrected chi connectivity index (χ1v) is 9.33. The summed E-state index contributed by atoms with van der Waals surface area (Å²) in [5.74, 6) is 1.09. The van der Waals surface area contributed by atoms with Crippen LogP contribution in [0.25, 0.3) is 11.5 Å². The second kappa shape index (κ2) is 8.47. The standard InChI is InChI=1S/C19H20N10O/c1-13-10-14(2)29(25-13)18-7-6-17(23-24-18)20-8-9-21-19(30)15-4-3-5-16(11-15)28-12-22-26-27-28/h3-7,10-12H,8-9H2,1-2H3,(H,20,23)(H,21,30). The van der Waals surface area contributed by atoms with Crippen molar-refractivity contribution in [1.82, 2.24) is 45.5 Å². The molecule has 30 heavy (non-hydrogen) atoms. The topological polar surface area (TPSA) is 128 Å². The number of aromatic nitrogens is 8. The summed E-state index contributed by atoms with van der Waals surface area (Å²) in [4.78, 5) is 12.4. The molecule has 11 nitrogen and oxygen atoms in total. The van der Waals surface area contributed by atoms with Gasteiger partial charge in [-0.05, 0) is 60.7 Å². The fraction of sp³-hybridized carbons (Fsp3) is 0.211. The van der Waals surface area contributed by atoms with Crippen molar-refractivity contribution in [3.05, 3.63) is 65.7 Å². The van der Waals surface area contributed by atoms with Gasteiger partial charge in [0.15, 0.2) is 5.82 Å². The Balaban J connectivity index is 1.28. The number of tetrazole rings is 1. The number of benzene rings is 1. The van der Waals surface area contributed by atoms with Crippen LogP contribution in [0.15, 0.2) is 48.8 Å². The van der Waals surface area contributed by atoms with Gasteiger partial charge in [-0.2, -0.15) is 5.10 Å². The Kier molecular flexibility index (Phi) is 5.42. The maximum Gasteiger partial charge on any atom is 0.251 e. The molecule has 0 unspecified atom stereocenters. The van der Waals surface area contributed by atoms with Crippen LogP contribution in [0.4, 0.5) is 5.82 Å². The molecule has 3 heterocycles. The lowest BCUT2D eigenvalue weighted by molar-refractivity contribution is 0.0955. The second-order valence-corrected chi connectivity index (χ2v) is 6.60. The van der Waals surface area contributed by atoms with E-state index in [9.17, 15) is 4.79 Å². The van der Waals surface area contributed by atoms with Gasteiger partial charge in [-0.15, -0.1) is 15.3 Å². The zero-order chi connectivity index (χ0) is 20.9. The fourth-order valence-corrected chi connectivity index (χ4v) is 2.93. The molecule has 4 aromatic rings. The number of aryl methyl sites for hydroxylation is 2. The molecule has 0 aliphatic rings. The number of hydrogen-bond donors (Lipinski definition) is 2. The van der Waals surface area contributed by atoms with Crippen molar-refractivity contribution in [3.8, 4) is 11.5 Å². The van der Waals surface area contributed by atoms with Crippen molar-refractivity contribution in [2.24, 2.45) is 0 Å². The fourth-order valence-electron chi connectivity index (χ4n) is 2.93. The van der Waals surface area contributed by atoms with Gasteiger partial charge in [0.25, 0.3) is 5.91 Å². The van der Waals surface area contributed by atoms with Crippen molar-refractivity contribution in [3.63, 3.8) is 0 Å². The summed E-state index contributed by atoms with van der Waals surface area (Å²) in [5, 5.41) is 29.8. The SMILES string of the molecule is Cc1cc(C)n(-c2ccc(NCCNC(=O)c3cccc(-n4cnnn4)c3)nn2)n1. The number of nitrogens with zero attached hydrogens (tertiary/aromatic N) is 8. The van der Waals surface area contributed by atoms with Crippen molar-refractivity contribution in [1.29, 1.82) is 0 Å². The van der Waals surface area contributed by atoms with Gasteiger partial charge in [0, 0.05) is 24.3 Å². The molecular weight excluding hydrogens is 384 g/mol. The molecule has 1 amide bonds. The van der Waals surface area contributed by atoms with E-state index >= 15 is 0 Å². The number of hydrogen-bond acceptors (Lipinski definition) is 8. The average Bonchev–Trinajstić information content (AvgIpc) is 3.41. The second-order valence-electron chi connectivity index (χ2n) is 6.60. The lowest BCUT2D eigenvalue weighted by atomic mass is 10.2. The van der Waals surface area contributed by atoms with E-state index in [0.29, 0.717) is 36.0 Å². The van der Waals surface area contributed by atoms with Crippen LogP contribution in [0.2, 0.25) is 0 Å². The van der Waals surface area contributed by atoms with Gasteiger partial charge in [0.05, 0.1) is 11.4 Å². The van der Waals surface area contributed by atoms with Crippen molar-refractivity contribution in [2.75, 3.05) is 18.4 Å². The number of rotatable bonds is 7. The van der Waals surface area contributed by atoms with E-state index in [0.717, 1.165) is 11.4 Å². The van der Waals surface area contributed by atoms with E-state index in [-0.39, 0.29) is 5.91 Å². The van der Waals surface area contributed by atoms with Crippen LogP contribution in [-0.4, -0.2) is 59.2 Å². The quantitative estimate of drug-likeness (QED) is 0.438. The highest BCUT2D eigenvalue weighted by molar-refractivity contribution is 5.94. The highest BCUT2D eigenvalue weighted by Gasteiger charge is 2.08. The summed E-state index contributed by atoms with van der Waals surface area (Å²) in [6, 6.07) is 12.7. The predicted molar refractivity (Wildman–Crippen MR) is 109 cm³/mol. The molecule has 4 rings (SSSR count). The number of nitrogens with one attached hydrogen (secondary N) is 2. The van der Waals surface area contributed by atoms with Gasteiger partial charge < -0.3 is 10.6 Å². The summed E-state index contributed by atoms with van der Waals surface area (Å²) >= 11 is 0. The minimum absolute atomic E-state index is 0.183. The maximum atomic E-state index is 12.4. The van der Waals surface area contributed by atoms with Crippen LogP contribution >= 0.6 is 0 Å². The Bertz CT molecular complexity index is 1130. The van der Waals surface area contributed by atoms with Gasteiger partial charge in [-0.1, -0.05) is 6.07 Å². The zero-order valence-corrected chi connectivity index (χ0v) is 16.5. The van der Waals surface area contributed by atoms with Crippen LogP contribution in [0.5, 0.6) is 0 Å². The normalized spacial score (nSPS) is 10.7. The molecule has 0 aliphatic heterocycles. The Labute approximate surface area is 172 Å². The smallest absolute Gasteiger partial charge is 0.251 e. The Morgan fingerprint density at radius 1 is 1.07 bits per heavy atom. The molecular formula is C19H20N10O. The molecule has 0 spiro atoms. The molecule has 0 bridgehead atoms. The highest BCUT2D eigenvalue weighted by Crippen LogP contribution is 2.11. The molecule has 2 N–H and O–H groups in total. The largest absolute Gasteiger partial charge is 0.367 e. The van der Waals surface area contributed by atoms with Gasteiger partial charge >= 0.3 is 0 Å². The summed E-state index contributed by atoms with van der Waals surface area (Å²) in [5.41, 5.74) is 3.16. The summed E-state index contributed by atoms with van der Waals surface area (Å²) in [7, 11) is 0. The van der Waals surface area contributed by atoms with Crippen LogP contribution in [-0.2, 0) is 0 Å². The number of amides is 1. The van der Waals surface area contributed by atoms with Gasteiger partial charge in [0.1, 0.15) is 12.1 Å².